The van der Waals surface area contributed by atoms with Crippen molar-refractivity contribution in [2.24, 2.45) is 0 Å². The van der Waals surface area contributed by atoms with E-state index in [4.69, 9.17) is 23.2 Å². The fourth-order valence-corrected chi connectivity index (χ4v) is 5.09. The molecular formula is C26H21Cl2N3O2S2. The van der Waals surface area contributed by atoms with Crippen LogP contribution in [-0.4, -0.2) is 22.0 Å². The molecule has 3 aromatic carbocycles. The molecule has 0 bridgehead atoms. The molecule has 178 valence electrons. The van der Waals surface area contributed by atoms with Crippen LogP contribution in [0.25, 0.3) is 11.3 Å². The summed E-state index contributed by atoms with van der Waals surface area (Å²) in [4.78, 5) is 30.5. The van der Waals surface area contributed by atoms with Gasteiger partial charge >= 0.3 is 0 Å². The number of benzene rings is 3. The summed E-state index contributed by atoms with van der Waals surface area (Å²) in [6.45, 7) is 1.83. The first kappa shape index (κ1) is 25.3. The summed E-state index contributed by atoms with van der Waals surface area (Å²) in [6, 6.07) is 22.0. The monoisotopic (exact) mass is 541 g/mol. The molecule has 0 fully saturated rings. The molecule has 35 heavy (non-hydrogen) atoms. The number of carbonyl (C=O) groups is 2. The minimum atomic E-state index is -0.363. The lowest BCUT2D eigenvalue weighted by molar-refractivity contribution is -0.116. The van der Waals surface area contributed by atoms with E-state index in [0.29, 0.717) is 20.9 Å². The molecule has 5 nitrogen and oxygen atoms in total. The Balaban J connectivity index is 1.32. The van der Waals surface area contributed by atoms with Gasteiger partial charge in [0, 0.05) is 31.6 Å². The summed E-state index contributed by atoms with van der Waals surface area (Å²) < 4.78 is 0. The Morgan fingerprint density at radius 1 is 0.971 bits per heavy atom. The van der Waals surface area contributed by atoms with Crippen molar-refractivity contribution in [1.82, 2.24) is 4.98 Å². The van der Waals surface area contributed by atoms with E-state index >= 15 is 0 Å². The van der Waals surface area contributed by atoms with E-state index in [2.05, 4.69) is 15.6 Å². The molecule has 0 saturated heterocycles. The smallest absolute Gasteiger partial charge is 0.239 e. The normalized spacial score (nSPS) is 11.6. The number of thioether (sulfide) groups is 1. The van der Waals surface area contributed by atoms with Gasteiger partial charge in [0.1, 0.15) is 0 Å². The van der Waals surface area contributed by atoms with Crippen molar-refractivity contribution < 1.29 is 9.59 Å². The summed E-state index contributed by atoms with van der Waals surface area (Å²) in [5.41, 5.74) is 3.27. The first-order valence-corrected chi connectivity index (χ1v) is 13.2. The van der Waals surface area contributed by atoms with Gasteiger partial charge in [-0.3, -0.25) is 9.59 Å². The van der Waals surface area contributed by atoms with Crippen LogP contribution in [0, 0.1) is 0 Å². The second-order valence-electron chi connectivity index (χ2n) is 7.67. The maximum atomic E-state index is 12.7. The van der Waals surface area contributed by atoms with E-state index in [1.807, 2.05) is 60.8 Å². The lowest BCUT2D eigenvalue weighted by Crippen LogP contribution is -2.22. The third-order valence-electron chi connectivity index (χ3n) is 4.95. The Morgan fingerprint density at radius 2 is 1.66 bits per heavy atom. The van der Waals surface area contributed by atoms with Gasteiger partial charge in [0.05, 0.1) is 17.4 Å². The number of halogens is 2. The number of nitrogens with zero attached hydrogens (tertiary/aromatic N) is 1. The lowest BCUT2D eigenvalue weighted by Gasteiger charge is -2.12. The number of anilines is 2. The van der Waals surface area contributed by atoms with Crippen LogP contribution < -0.4 is 10.6 Å². The highest BCUT2D eigenvalue weighted by molar-refractivity contribution is 8.00. The summed E-state index contributed by atoms with van der Waals surface area (Å²) >= 11 is 14.6. The lowest BCUT2D eigenvalue weighted by atomic mass is 10.1. The van der Waals surface area contributed by atoms with E-state index in [1.165, 1.54) is 23.1 Å². The predicted octanol–water partition coefficient (Wildman–Crippen LogP) is 7.42. The Bertz CT molecular complexity index is 1330. The molecule has 0 aliphatic heterocycles. The van der Waals surface area contributed by atoms with Gasteiger partial charge in [0.25, 0.3) is 0 Å². The molecule has 2 N–H and O–H groups in total. The zero-order valence-corrected chi connectivity index (χ0v) is 21.8. The van der Waals surface area contributed by atoms with Gasteiger partial charge in [-0.05, 0) is 55.0 Å². The minimum Gasteiger partial charge on any atom is -0.326 e. The van der Waals surface area contributed by atoms with E-state index in [0.717, 1.165) is 21.7 Å². The molecule has 1 unspecified atom stereocenters. The average Bonchev–Trinajstić information content (AvgIpc) is 3.29. The second kappa shape index (κ2) is 11.7. The van der Waals surface area contributed by atoms with Crippen molar-refractivity contribution in [3.63, 3.8) is 0 Å². The van der Waals surface area contributed by atoms with Gasteiger partial charge in [-0.25, -0.2) is 4.98 Å². The highest BCUT2D eigenvalue weighted by Crippen LogP contribution is 2.29. The number of rotatable bonds is 8. The van der Waals surface area contributed by atoms with Gasteiger partial charge in [-0.1, -0.05) is 53.5 Å². The number of amides is 2. The summed E-state index contributed by atoms with van der Waals surface area (Å²) in [6.07, 6.45) is 0.249. The van der Waals surface area contributed by atoms with Crippen molar-refractivity contribution in [3.05, 3.63) is 93.8 Å². The van der Waals surface area contributed by atoms with Crippen molar-refractivity contribution in [2.45, 2.75) is 23.5 Å². The van der Waals surface area contributed by atoms with E-state index in [-0.39, 0.29) is 23.5 Å². The van der Waals surface area contributed by atoms with Crippen LogP contribution in [0.15, 0.2) is 83.1 Å². The van der Waals surface area contributed by atoms with Gasteiger partial charge in [-0.15, -0.1) is 23.1 Å². The maximum absolute atomic E-state index is 12.7. The van der Waals surface area contributed by atoms with Crippen LogP contribution in [0.4, 0.5) is 10.8 Å². The standard InChI is InChI=1S/C26H21Cl2N3O2S2/c1-16(25(33)31-26-30-23(15-34-26)18-7-11-20(28)12-8-18)35-22-4-2-3-21(14-22)29-24(32)13-17-5-9-19(27)10-6-17/h2-12,14-16H,13H2,1H3,(H,29,32)(H,30,31,33). The number of nitrogens with one attached hydrogen (secondary N) is 2. The fourth-order valence-electron chi connectivity index (χ4n) is 3.19. The van der Waals surface area contributed by atoms with Crippen LogP contribution in [-0.2, 0) is 16.0 Å². The van der Waals surface area contributed by atoms with Crippen molar-refractivity contribution in [3.8, 4) is 11.3 Å². The molecule has 0 aliphatic carbocycles. The first-order valence-electron chi connectivity index (χ1n) is 10.7. The summed E-state index contributed by atoms with van der Waals surface area (Å²) in [5, 5.41) is 9.16. The van der Waals surface area contributed by atoms with Crippen LogP contribution in [0.2, 0.25) is 10.0 Å². The van der Waals surface area contributed by atoms with Crippen molar-refractivity contribution >= 4 is 68.9 Å². The van der Waals surface area contributed by atoms with E-state index in [1.54, 1.807) is 24.3 Å². The molecule has 9 heteroatoms. The molecule has 0 aliphatic rings. The number of aromatic nitrogens is 1. The number of hydrogen-bond donors (Lipinski definition) is 2. The maximum Gasteiger partial charge on any atom is 0.239 e. The Kier molecular flexibility index (Phi) is 8.46. The first-order chi connectivity index (χ1) is 16.9. The summed E-state index contributed by atoms with van der Waals surface area (Å²) in [7, 11) is 0. The molecule has 1 heterocycles. The molecule has 4 aromatic rings. The highest BCUT2D eigenvalue weighted by atomic mass is 35.5. The minimum absolute atomic E-state index is 0.125. The average molecular weight is 543 g/mol. The van der Waals surface area contributed by atoms with Crippen molar-refractivity contribution in [1.29, 1.82) is 0 Å². The van der Waals surface area contributed by atoms with Crippen LogP contribution in [0.3, 0.4) is 0 Å². The molecule has 4 rings (SSSR count). The highest BCUT2D eigenvalue weighted by Gasteiger charge is 2.17. The molecule has 2 amide bonds. The van der Waals surface area contributed by atoms with Gasteiger partial charge < -0.3 is 10.6 Å². The zero-order valence-electron chi connectivity index (χ0n) is 18.6. The molecule has 1 aromatic heterocycles. The number of hydrogen-bond acceptors (Lipinski definition) is 5. The van der Waals surface area contributed by atoms with E-state index in [9.17, 15) is 9.59 Å². The fraction of sp³-hybridized carbons (Fsp3) is 0.115. The molecule has 0 saturated carbocycles. The van der Waals surface area contributed by atoms with Gasteiger partial charge in [0.15, 0.2) is 5.13 Å². The zero-order chi connectivity index (χ0) is 24.8. The Labute approximate surface area is 221 Å². The van der Waals surface area contributed by atoms with Gasteiger partial charge in [0.2, 0.25) is 11.8 Å². The predicted molar refractivity (Wildman–Crippen MR) is 147 cm³/mol. The molecular weight excluding hydrogens is 521 g/mol. The molecule has 0 spiro atoms. The van der Waals surface area contributed by atoms with Gasteiger partial charge in [-0.2, -0.15) is 0 Å². The molecule has 0 radical (unpaired) electrons. The second-order valence-corrected chi connectivity index (χ2v) is 10.8. The largest absolute Gasteiger partial charge is 0.326 e. The number of thiazole rings is 1. The molecule has 1 atom stereocenters. The Morgan fingerprint density at radius 3 is 2.37 bits per heavy atom. The van der Waals surface area contributed by atoms with E-state index < -0.39 is 0 Å². The number of carbonyl (C=O) groups excluding carboxylic acids is 2. The van der Waals surface area contributed by atoms with Crippen LogP contribution in [0.5, 0.6) is 0 Å². The van der Waals surface area contributed by atoms with Crippen LogP contribution in [0.1, 0.15) is 12.5 Å². The SMILES string of the molecule is CC(Sc1cccc(NC(=O)Cc2ccc(Cl)cc2)c1)C(=O)Nc1nc(-c2ccc(Cl)cc2)cs1. The topological polar surface area (TPSA) is 71.1 Å². The summed E-state index contributed by atoms with van der Waals surface area (Å²) in [5.74, 6) is -0.273. The third-order valence-corrected chi connectivity index (χ3v) is 7.31. The quantitative estimate of drug-likeness (QED) is 0.227. The third kappa shape index (κ3) is 7.32. The van der Waals surface area contributed by atoms with Crippen molar-refractivity contribution in [2.75, 3.05) is 10.6 Å². The Hall–Kier alpha value is -2.84. The van der Waals surface area contributed by atoms with Crippen LogP contribution >= 0.6 is 46.3 Å².